The highest BCUT2D eigenvalue weighted by Gasteiger charge is 2.20. The number of aliphatic hydroxyl groups is 1. The van der Waals surface area contributed by atoms with Gasteiger partial charge in [0.25, 0.3) is 0 Å². The van der Waals surface area contributed by atoms with Gasteiger partial charge >= 0.3 is 0 Å². The lowest BCUT2D eigenvalue weighted by Gasteiger charge is -2.31. The summed E-state index contributed by atoms with van der Waals surface area (Å²) in [5, 5.41) is 12.4. The fourth-order valence-electron chi connectivity index (χ4n) is 1.29. The number of likely N-dealkylation sites (N-methyl/N-ethyl adjacent to an activating group) is 1. The number of nitrogens with zero attached hydrogens (tertiary/aromatic N) is 1. The lowest BCUT2D eigenvalue weighted by Crippen LogP contribution is -2.48. The van der Waals surface area contributed by atoms with Crippen LogP contribution in [0.4, 0.5) is 0 Å². The van der Waals surface area contributed by atoms with E-state index in [0.717, 1.165) is 19.5 Å². The van der Waals surface area contributed by atoms with Crippen molar-refractivity contribution in [1.82, 2.24) is 10.2 Å². The Labute approximate surface area is 74.2 Å². The van der Waals surface area contributed by atoms with Crippen LogP contribution in [0.25, 0.3) is 0 Å². The third-order valence-electron chi connectivity index (χ3n) is 2.03. The fraction of sp³-hybridized carbons (Fsp3) is 1.00. The van der Waals surface area contributed by atoms with Gasteiger partial charge in [0.15, 0.2) is 0 Å². The minimum absolute atomic E-state index is 0. The highest BCUT2D eigenvalue weighted by Crippen LogP contribution is 2.06. The van der Waals surface area contributed by atoms with Gasteiger partial charge in [0, 0.05) is 19.1 Å². The van der Waals surface area contributed by atoms with Gasteiger partial charge in [-0.1, -0.05) is 0 Å². The normalized spacial score (nSPS) is 31.6. The van der Waals surface area contributed by atoms with Crippen molar-refractivity contribution in [2.75, 3.05) is 27.2 Å². The number of hydrogen-bond acceptors (Lipinski definition) is 3. The smallest absolute Gasteiger partial charge is 0.0680 e. The Hall–Kier alpha value is 0.170. The van der Waals surface area contributed by atoms with E-state index in [-0.39, 0.29) is 18.5 Å². The van der Waals surface area contributed by atoms with Gasteiger partial charge in [0.05, 0.1) is 6.10 Å². The molecule has 1 aliphatic rings. The molecular weight excluding hydrogens is 164 g/mol. The average Bonchev–Trinajstić information content (AvgIpc) is 1.88. The minimum atomic E-state index is -0.152. The number of piperidine rings is 1. The van der Waals surface area contributed by atoms with Crippen LogP contribution in [0, 0.1) is 0 Å². The predicted octanol–water partition coefficient (Wildman–Crippen LogP) is -0.307. The van der Waals surface area contributed by atoms with Gasteiger partial charge in [-0.05, 0) is 20.5 Å². The zero-order chi connectivity index (χ0) is 7.56. The van der Waals surface area contributed by atoms with Crippen molar-refractivity contribution < 1.29 is 5.11 Å². The molecule has 3 nitrogen and oxygen atoms in total. The van der Waals surface area contributed by atoms with E-state index in [9.17, 15) is 5.11 Å². The quantitative estimate of drug-likeness (QED) is 0.582. The van der Waals surface area contributed by atoms with E-state index in [2.05, 4.69) is 10.2 Å². The second-order valence-corrected chi connectivity index (χ2v) is 3.17. The fourth-order valence-corrected chi connectivity index (χ4v) is 1.29. The van der Waals surface area contributed by atoms with Crippen molar-refractivity contribution in [2.24, 2.45) is 0 Å². The van der Waals surface area contributed by atoms with Crippen molar-refractivity contribution in [3.63, 3.8) is 0 Å². The number of nitrogens with one attached hydrogen (secondary N) is 1. The van der Waals surface area contributed by atoms with Gasteiger partial charge < -0.3 is 15.3 Å². The summed E-state index contributed by atoms with van der Waals surface area (Å²) < 4.78 is 0. The standard InChI is InChI=1S/C7H16N2O.ClH/c1-9(2)6-3-7(10)5-8-4-6;/h6-8,10H,3-5H2,1-2H3;1H. The summed E-state index contributed by atoms with van der Waals surface area (Å²) >= 11 is 0. The van der Waals surface area contributed by atoms with Gasteiger partial charge in [0.1, 0.15) is 0 Å². The Morgan fingerprint density at radius 2 is 2.00 bits per heavy atom. The highest BCUT2D eigenvalue weighted by atomic mass is 35.5. The summed E-state index contributed by atoms with van der Waals surface area (Å²) in [6.07, 6.45) is 0.751. The van der Waals surface area contributed by atoms with Crippen LogP contribution in [0.1, 0.15) is 6.42 Å². The molecule has 0 aromatic carbocycles. The van der Waals surface area contributed by atoms with Gasteiger partial charge in [-0.25, -0.2) is 0 Å². The molecule has 0 radical (unpaired) electrons. The summed E-state index contributed by atoms with van der Waals surface area (Å²) in [7, 11) is 4.09. The maximum atomic E-state index is 9.24. The van der Waals surface area contributed by atoms with E-state index in [1.54, 1.807) is 0 Å². The van der Waals surface area contributed by atoms with Crippen molar-refractivity contribution in [1.29, 1.82) is 0 Å². The Balaban J connectivity index is 0.000001000. The van der Waals surface area contributed by atoms with Gasteiger partial charge in [-0.2, -0.15) is 0 Å². The van der Waals surface area contributed by atoms with Crippen LogP contribution in [-0.2, 0) is 0 Å². The molecule has 2 N–H and O–H groups in total. The van der Waals surface area contributed by atoms with Gasteiger partial charge in [0.2, 0.25) is 0 Å². The zero-order valence-corrected chi connectivity index (χ0v) is 7.90. The number of aliphatic hydroxyl groups excluding tert-OH is 1. The Kier molecular flexibility index (Phi) is 5.01. The van der Waals surface area contributed by atoms with Gasteiger partial charge in [-0.3, -0.25) is 0 Å². The van der Waals surface area contributed by atoms with E-state index >= 15 is 0 Å². The SMILES string of the molecule is CN(C)C1CNCC(O)C1.Cl. The maximum Gasteiger partial charge on any atom is 0.0680 e. The number of hydrogen-bond donors (Lipinski definition) is 2. The molecule has 0 saturated carbocycles. The first kappa shape index (κ1) is 11.2. The second-order valence-electron chi connectivity index (χ2n) is 3.17. The number of β-amino-alcohol motifs (C(OH)–C–C–N with tert-alkyl or cyclic N) is 1. The third kappa shape index (κ3) is 3.38. The molecule has 68 valence electrons. The second kappa shape index (κ2) is 4.93. The maximum absolute atomic E-state index is 9.24. The largest absolute Gasteiger partial charge is 0.392 e. The molecule has 11 heavy (non-hydrogen) atoms. The van der Waals surface area contributed by atoms with E-state index in [0.29, 0.717) is 6.04 Å². The van der Waals surface area contributed by atoms with Crippen LogP contribution >= 0.6 is 12.4 Å². The molecule has 1 heterocycles. The van der Waals surface area contributed by atoms with Crippen molar-refractivity contribution >= 4 is 12.4 Å². The Bertz CT molecular complexity index is 111. The first-order valence-electron chi connectivity index (χ1n) is 3.75. The summed E-state index contributed by atoms with van der Waals surface area (Å²) in [6.45, 7) is 1.76. The molecule has 2 unspecified atom stereocenters. The third-order valence-corrected chi connectivity index (χ3v) is 2.03. The van der Waals surface area contributed by atoms with E-state index in [1.807, 2.05) is 14.1 Å². The van der Waals surface area contributed by atoms with E-state index in [4.69, 9.17) is 0 Å². The van der Waals surface area contributed by atoms with E-state index < -0.39 is 0 Å². The average molecular weight is 181 g/mol. The van der Waals surface area contributed by atoms with Crippen LogP contribution in [0.3, 0.4) is 0 Å². The molecule has 1 fully saturated rings. The van der Waals surface area contributed by atoms with Gasteiger partial charge in [-0.15, -0.1) is 12.4 Å². The molecule has 2 atom stereocenters. The predicted molar refractivity (Wildman–Crippen MR) is 48.2 cm³/mol. The monoisotopic (exact) mass is 180 g/mol. The van der Waals surface area contributed by atoms with Crippen molar-refractivity contribution in [3.05, 3.63) is 0 Å². The van der Waals surface area contributed by atoms with Crippen LogP contribution in [0.15, 0.2) is 0 Å². The lowest BCUT2D eigenvalue weighted by atomic mass is 10.0. The molecule has 0 aliphatic carbocycles. The summed E-state index contributed by atoms with van der Waals surface area (Å²) in [6, 6.07) is 0.503. The first-order valence-corrected chi connectivity index (χ1v) is 3.75. The molecule has 1 rings (SSSR count). The Morgan fingerprint density at radius 1 is 1.36 bits per heavy atom. The number of rotatable bonds is 1. The van der Waals surface area contributed by atoms with Crippen LogP contribution in [-0.4, -0.2) is 49.3 Å². The topological polar surface area (TPSA) is 35.5 Å². The summed E-state index contributed by atoms with van der Waals surface area (Å²) in [5.41, 5.74) is 0. The molecule has 0 spiro atoms. The van der Waals surface area contributed by atoms with Crippen LogP contribution < -0.4 is 5.32 Å². The molecule has 0 bridgehead atoms. The first-order chi connectivity index (χ1) is 4.70. The molecule has 0 aromatic rings. The molecule has 0 aromatic heterocycles. The molecule has 1 saturated heterocycles. The molecule has 0 amide bonds. The van der Waals surface area contributed by atoms with E-state index in [1.165, 1.54) is 0 Å². The molecule has 1 aliphatic heterocycles. The van der Waals surface area contributed by atoms with Crippen molar-refractivity contribution in [2.45, 2.75) is 18.6 Å². The summed E-state index contributed by atoms with van der Waals surface area (Å²) in [4.78, 5) is 2.15. The summed E-state index contributed by atoms with van der Waals surface area (Å²) in [5.74, 6) is 0. The minimum Gasteiger partial charge on any atom is -0.392 e. The van der Waals surface area contributed by atoms with Crippen LogP contribution in [0.5, 0.6) is 0 Å². The highest BCUT2D eigenvalue weighted by molar-refractivity contribution is 5.85. The molecular formula is C7H17ClN2O. The van der Waals surface area contributed by atoms with Crippen molar-refractivity contribution in [3.8, 4) is 0 Å². The Morgan fingerprint density at radius 3 is 2.36 bits per heavy atom. The zero-order valence-electron chi connectivity index (χ0n) is 7.08. The van der Waals surface area contributed by atoms with Crippen LogP contribution in [0.2, 0.25) is 0 Å². The lowest BCUT2D eigenvalue weighted by molar-refractivity contribution is 0.0945. The number of halogens is 1. The molecule has 4 heteroatoms.